The number of aromatic nitrogens is 1. The Balaban J connectivity index is 1.55. The van der Waals surface area contributed by atoms with Gasteiger partial charge in [0.05, 0.1) is 29.5 Å². The topological polar surface area (TPSA) is 79.1 Å². The van der Waals surface area contributed by atoms with Crippen molar-refractivity contribution in [1.82, 2.24) is 4.57 Å². The zero-order chi connectivity index (χ0) is 29.1. The molecule has 3 aromatic carbocycles. The Morgan fingerprint density at radius 1 is 1.07 bits per heavy atom. The third kappa shape index (κ3) is 5.95. The Hall–Kier alpha value is -3.85. The van der Waals surface area contributed by atoms with Crippen LogP contribution in [0.5, 0.6) is 11.5 Å². The van der Waals surface area contributed by atoms with Crippen molar-refractivity contribution < 1.29 is 19.0 Å². The van der Waals surface area contributed by atoms with E-state index in [0.717, 1.165) is 11.1 Å². The minimum atomic E-state index is -0.778. The van der Waals surface area contributed by atoms with Gasteiger partial charge in [0.15, 0.2) is 16.3 Å². The summed E-state index contributed by atoms with van der Waals surface area (Å²) in [5.74, 6) is 0.552. The normalized spacial score (nSPS) is 14.9. The lowest BCUT2D eigenvalue weighted by molar-refractivity contribution is -0.139. The molecule has 0 spiro atoms. The quantitative estimate of drug-likeness (QED) is 0.240. The standard InChI is InChI=1S/C31H26Cl2N2O5S/c1-4-39-30(37)27-18(2)34-31-35(28(27)22-7-5-6-8-23(22)33)29(36)26(41-31)16-20-11-14-24(25(15-20)38-3)40-17-19-9-12-21(32)13-10-19/h5-16,28H,4,17H2,1-3H3/b26-16-/t28-/m1/s1. The van der Waals surface area contributed by atoms with E-state index in [-0.39, 0.29) is 17.7 Å². The molecule has 1 aromatic heterocycles. The summed E-state index contributed by atoms with van der Waals surface area (Å²) < 4.78 is 18.8. The molecule has 5 rings (SSSR count). The highest BCUT2D eigenvalue weighted by atomic mass is 35.5. The third-order valence-electron chi connectivity index (χ3n) is 6.51. The molecule has 0 saturated heterocycles. The average molecular weight is 610 g/mol. The number of carbonyl (C=O) groups is 1. The van der Waals surface area contributed by atoms with Gasteiger partial charge in [0.2, 0.25) is 0 Å². The Kier molecular flexibility index (Phi) is 8.63. The number of halogens is 2. The maximum atomic E-state index is 13.8. The largest absolute Gasteiger partial charge is 0.493 e. The fraction of sp³-hybridized carbons (Fsp3) is 0.194. The molecule has 41 heavy (non-hydrogen) atoms. The maximum Gasteiger partial charge on any atom is 0.338 e. The van der Waals surface area contributed by atoms with Crippen LogP contribution in [0.25, 0.3) is 6.08 Å². The minimum Gasteiger partial charge on any atom is -0.493 e. The lowest BCUT2D eigenvalue weighted by Gasteiger charge is -2.25. The molecule has 2 heterocycles. The second kappa shape index (κ2) is 12.3. The number of ether oxygens (including phenoxy) is 3. The number of fused-ring (bicyclic) bond motifs is 1. The number of benzene rings is 3. The summed E-state index contributed by atoms with van der Waals surface area (Å²) in [5, 5.41) is 1.09. The Labute approximate surface area is 250 Å². The average Bonchev–Trinajstić information content (AvgIpc) is 3.26. The maximum absolute atomic E-state index is 13.8. The van der Waals surface area contributed by atoms with Crippen LogP contribution < -0.4 is 24.4 Å². The van der Waals surface area contributed by atoms with Crippen LogP contribution in [0.4, 0.5) is 0 Å². The van der Waals surface area contributed by atoms with Gasteiger partial charge >= 0.3 is 5.97 Å². The summed E-state index contributed by atoms with van der Waals surface area (Å²) in [6.45, 7) is 4.00. The smallest absolute Gasteiger partial charge is 0.338 e. The molecular formula is C31H26Cl2N2O5S. The highest BCUT2D eigenvalue weighted by molar-refractivity contribution is 7.07. The predicted octanol–water partition coefficient (Wildman–Crippen LogP) is 5.69. The van der Waals surface area contributed by atoms with E-state index in [4.69, 9.17) is 37.4 Å². The van der Waals surface area contributed by atoms with Crippen LogP contribution >= 0.6 is 34.5 Å². The fourth-order valence-corrected chi connectivity index (χ4v) is 5.98. The van der Waals surface area contributed by atoms with Crippen LogP contribution in [-0.2, 0) is 16.1 Å². The first-order valence-corrected chi connectivity index (χ1v) is 14.4. The molecule has 7 nitrogen and oxygen atoms in total. The summed E-state index contributed by atoms with van der Waals surface area (Å²) in [6.07, 6.45) is 1.77. The summed E-state index contributed by atoms with van der Waals surface area (Å²) in [5.41, 5.74) is 2.78. The van der Waals surface area contributed by atoms with E-state index in [1.807, 2.05) is 36.4 Å². The zero-order valence-electron chi connectivity index (χ0n) is 22.5. The van der Waals surface area contributed by atoms with Crippen molar-refractivity contribution in [1.29, 1.82) is 0 Å². The SMILES string of the molecule is CCOC(=O)C1=C(C)N=c2s/c(=C\c3ccc(OCc4ccc(Cl)cc4)c(OC)c3)c(=O)n2[C@@H]1c1ccccc1Cl. The van der Waals surface area contributed by atoms with Crippen molar-refractivity contribution in [3.63, 3.8) is 0 Å². The van der Waals surface area contributed by atoms with Crippen molar-refractivity contribution in [3.05, 3.63) is 124 Å². The highest BCUT2D eigenvalue weighted by Gasteiger charge is 2.34. The molecule has 0 radical (unpaired) electrons. The van der Waals surface area contributed by atoms with E-state index in [0.29, 0.717) is 48.7 Å². The minimum absolute atomic E-state index is 0.191. The molecule has 10 heteroatoms. The number of hydrogen-bond acceptors (Lipinski definition) is 7. The monoisotopic (exact) mass is 608 g/mol. The number of hydrogen-bond donors (Lipinski definition) is 0. The van der Waals surface area contributed by atoms with E-state index in [1.165, 1.54) is 15.9 Å². The summed E-state index contributed by atoms with van der Waals surface area (Å²) in [7, 11) is 1.56. The number of thiazole rings is 1. The highest BCUT2D eigenvalue weighted by Crippen LogP contribution is 2.34. The van der Waals surface area contributed by atoms with Crippen LogP contribution in [0.2, 0.25) is 10.0 Å². The predicted molar refractivity (Wildman–Crippen MR) is 161 cm³/mol. The summed E-state index contributed by atoms with van der Waals surface area (Å²) in [4.78, 5) is 32.0. The van der Waals surface area contributed by atoms with Gasteiger partial charge in [-0.1, -0.05) is 70.9 Å². The molecule has 4 aromatic rings. The van der Waals surface area contributed by atoms with E-state index in [2.05, 4.69) is 4.99 Å². The van der Waals surface area contributed by atoms with Gasteiger partial charge in [-0.05, 0) is 66.9 Å². The molecule has 0 saturated carbocycles. The van der Waals surface area contributed by atoms with E-state index in [9.17, 15) is 9.59 Å². The Bertz CT molecular complexity index is 1830. The first-order valence-electron chi connectivity index (χ1n) is 12.8. The number of esters is 1. The van der Waals surface area contributed by atoms with Crippen molar-refractivity contribution in [2.45, 2.75) is 26.5 Å². The van der Waals surface area contributed by atoms with Crippen LogP contribution in [0.3, 0.4) is 0 Å². The van der Waals surface area contributed by atoms with Crippen molar-refractivity contribution in [2.24, 2.45) is 4.99 Å². The van der Waals surface area contributed by atoms with Gasteiger partial charge in [-0.2, -0.15) is 0 Å². The van der Waals surface area contributed by atoms with E-state index >= 15 is 0 Å². The molecule has 0 aliphatic carbocycles. The molecule has 0 bridgehead atoms. The van der Waals surface area contributed by atoms with Gasteiger partial charge in [-0.15, -0.1) is 0 Å². The first-order chi connectivity index (χ1) is 19.8. The van der Waals surface area contributed by atoms with Crippen molar-refractivity contribution in [2.75, 3.05) is 13.7 Å². The number of carbonyl (C=O) groups excluding carboxylic acids is 1. The fourth-order valence-electron chi connectivity index (χ4n) is 4.57. The van der Waals surface area contributed by atoms with Gasteiger partial charge in [0.25, 0.3) is 5.56 Å². The van der Waals surface area contributed by atoms with Gasteiger partial charge in [0, 0.05) is 10.0 Å². The third-order valence-corrected chi connectivity index (χ3v) is 8.09. The van der Waals surface area contributed by atoms with Crippen LogP contribution in [0.15, 0.2) is 87.8 Å². The first kappa shape index (κ1) is 28.7. The van der Waals surface area contributed by atoms with E-state index in [1.54, 1.807) is 57.4 Å². The van der Waals surface area contributed by atoms with Crippen LogP contribution in [0.1, 0.15) is 36.6 Å². The summed E-state index contributed by atoms with van der Waals surface area (Å²) >= 11 is 13.8. The van der Waals surface area contributed by atoms with Gasteiger partial charge in [-0.3, -0.25) is 9.36 Å². The molecule has 0 fully saturated rings. The van der Waals surface area contributed by atoms with Crippen molar-refractivity contribution in [3.8, 4) is 11.5 Å². The molecule has 0 N–H and O–H groups in total. The molecule has 1 atom stereocenters. The zero-order valence-corrected chi connectivity index (χ0v) is 24.8. The second-order valence-electron chi connectivity index (χ2n) is 9.15. The Morgan fingerprint density at radius 3 is 2.54 bits per heavy atom. The van der Waals surface area contributed by atoms with Crippen molar-refractivity contribution >= 4 is 46.6 Å². The molecule has 1 aliphatic rings. The van der Waals surface area contributed by atoms with Crippen LogP contribution in [0, 0.1) is 0 Å². The lowest BCUT2D eigenvalue weighted by atomic mass is 9.96. The summed E-state index contributed by atoms with van der Waals surface area (Å²) in [6, 6.07) is 19.2. The molecule has 0 unspecified atom stereocenters. The number of allylic oxidation sites excluding steroid dienone is 1. The lowest BCUT2D eigenvalue weighted by Crippen LogP contribution is -2.40. The molecule has 0 amide bonds. The van der Waals surface area contributed by atoms with Crippen LogP contribution in [-0.4, -0.2) is 24.3 Å². The number of methoxy groups -OCH3 is 1. The second-order valence-corrected chi connectivity index (χ2v) is 11.0. The van der Waals surface area contributed by atoms with Gasteiger partial charge < -0.3 is 14.2 Å². The number of nitrogens with zero attached hydrogens (tertiary/aromatic N) is 2. The van der Waals surface area contributed by atoms with Gasteiger partial charge in [-0.25, -0.2) is 9.79 Å². The van der Waals surface area contributed by atoms with Gasteiger partial charge in [0.1, 0.15) is 12.6 Å². The number of rotatable bonds is 8. The Morgan fingerprint density at radius 2 is 1.83 bits per heavy atom. The molecule has 210 valence electrons. The molecule has 1 aliphatic heterocycles. The van der Waals surface area contributed by atoms with E-state index < -0.39 is 12.0 Å². The molecular weight excluding hydrogens is 583 g/mol.